The maximum atomic E-state index is 9.80. The molecule has 0 unspecified atom stereocenters. The highest BCUT2D eigenvalue weighted by Crippen LogP contribution is 2.39. The first-order valence-electron chi connectivity index (χ1n) is 12.8. The van der Waals surface area contributed by atoms with E-state index in [1.165, 1.54) is 50.0 Å². The Morgan fingerprint density at radius 2 is 1.82 bits per heavy atom. The van der Waals surface area contributed by atoms with E-state index < -0.39 is 0 Å². The monoisotopic (exact) mass is 518 g/mol. The number of terminal acetylenes is 1. The number of aromatic nitrogens is 7. The van der Waals surface area contributed by atoms with E-state index >= 15 is 0 Å². The van der Waals surface area contributed by atoms with Crippen molar-refractivity contribution >= 4 is 35.9 Å². The molecule has 13 nitrogen and oxygen atoms in total. The molecule has 2 saturated heterocycles. The van der Waals surface area contributed by atoms with Crippen molar-refractivity contribution in [3.8, 4) is 12.8 Å². The second-order valence-electron chi connectivity index (χ2n) is 9.14. The van der Waals surface area contributed by atoms with Crippen LogP contribution in [0.3, 0.4) is 0 Å². The number of hydrogen-bond acceptors (Lipinski definition) is 11. The zero-order chi connectivity index (χ0) is 26.7. The van der Waals surface area contributed by atoms with Crippen LogP contribution in [-0.2, 0) is 4.79 Å². The molecule has 3 aromatic rings. The number of hydrogen-bond donors (Lipinski definition) is 4. The normalized spacial score (nSPS) is 18.4. The first kappa shape index (κ1) is 26.7. The smallest absolute Gasteiger partial charge is 0.235 e. The summed E-state index contributed by atoms with van der Waals surface area (Å²) in [5.74, 6) is 3.97. The van der Waals surface area contributed by atoms with Crippen molar-refractivity contribution in [1.29, 1.82) is 0 Å². The van der Waals surface area contributed by atoms with E-state index in [0.717, 1.165) is 50.4 Å². The van der Waals surface area contributed by atoms with Gasteiger partial charge >= 0.3 is 0 Å². The predicted octanol–water partition coefficient (Wildman–Crippen LogP) is 1.91. The third-order valence-corrected chi connectivity index (χ3v) is 6.45. The van der Waals surface area contributed by atoms with Crippen LogP contribution in [0.2, 0.25) is 0 Å². The first-order chi connectivity index (χ1) is 18.7. The number of anilines is 5. The summed E-state index contributed by atoms with van der Waals surface area (Å²) < 4.78 is 0. The van der Waals surface area contributed by atoms with Gasteiger partial charge in [0.25, 0.3) is 0 Å². The number of nitrogens with zero attached hydrogens (tertiary/aromatic N) is 8. The molecule has 2 aliphatic heterocycles. The topological polar surface area (TPSA) is 153 Å². The van der Waals surface area contributed by atoms with Gasteiger partial charge in [-0.05, 0) is 32.6 Å². The molecule has 1 aliphatic carbocycles. The van der Waals surface area contributed by atoms with Gasteiger partial charge in [-0.15, -0.1) is 12.8 Å². The lowest BCUT2D eigenvalue weighted by Gasteiger charge is -2.29. The van der Waals surface area contributed by atoms with Gasteiger partial charge in [0, 0.05) is 68.8 Å². The van der Waals surface area contributed by atoms with Crippen LogP contribution in [0, 0.1) is 12.8 Å². The number of carbonyl (C=O) groups is 1. The molecule has 1 saturated carbocycles. The molecule has 0 aromatic carbocycles. The number of piperazine rings is 1. The van der Waals surface area contributed by atoms with Crippen molar-refractivity contribution in [2.24, 2.45) is 0 Å². The number of amides is 1. The van der Waals surface area contributed by atoms with Crippen molar-refractivity contribution in [3.05, 3.63) is 30.4 Å². The molecule has 5 heterocycles. The molecule has 0 radical (unpaired) electrons. The fourth-order valence-electron chi connectivity index (χ4n) is 4.33. The molecule has 3 aromatic heterocycles. The lowest BCUT2D eigenvalue weighted by atomic mass is 10.2. The van der Waals surface area contributed by atoms with Crippen LogP contribution in [0.25, 0.3) is 0 Å². The Morgan fingerprint density at radius 3 is 2.47 bits per heavy atom. The van der Waals surface area contributed by atoms with Gasteiger partial charge in [-0.25, -0.2) is 4.98 Å². The van der Waals surface area contributed by atoms with Gasteiger partial charge in [-0.1, -0.05) is 0 Å². The highest BCUT2D eigenvalue weighted by molar-refractivity contribution is 5.67. The van der Waals surface area contributed by atoms with Gasteiger partial charge in [-0.3, -0.25) is 14.9 Å². The van der Waals surface area contributed by atoms with Crippen molar-refractivity contribution in [3.63, 3.8) is 0 Å². The molecule has 0 bridgehead atoms. The Balaban J connectivity index is 0.000000259. The number of carbonyl (C=O) groups excluding carboxylic acids is 1. The number of nitrogens with one attached hydrogen (secondary N) is 4. The maximum Gasteiger partial charge on any atom is 0.235 e. The van der Waals surface area contributed by atoms with E-state index in [1.807, 2.05) is 0 Å². The molecule has 38 heavy (non-hydrogen) atoms. The average Bonchev–Trinajstić information content (AvgIpc) is 3.56. The fourth-order valence-corrected chi connectivity index (χ4v) is 4.33. The lowest BCUT2D eigenvalue weighted by molar-refractivity contribution is -0.105. The van der Waals surface area contributed by atoms with Crippen LogP contribution >= 0.6 is 0 Å². The molecule has 1 amide bonds. The first-order valence-corrected chi connectivity index (χ1v) is 12.8. The minimum absolute atomic E-state index is 0.461. The van der Waals surface area contributed by atoms with Crippen LogP contribution in [0.15, 0.2) is 24.7 Å². The SMILES string of the molecule is C#C.C[C@H]1CCCN1c1nc(Nc2cc(C3CC3)[nH]n2)nc(N2CCNCC2)n1.O=CNc1cnccn1. The second kappa shape index (κ2) is 13.3. The predicted molar refractivity (Wildman–Crippen MR) is 146 cm³/mol. The maximum absolute atomic E-state index is 9.80. The Kier molecular flexibility index (Phi) is 9.36. The number of aromatic amines is 1. The Hall–Kier alpha value is -4.31. The van der Waals surface area contributed by atoms with Crippen LogP contribution in [0.1, 0.15) is 44.2 Å². The zero-order valence-corrected chi connectivity index (χ0v) is 21.5. The van der Waals surface area contributed by atoms with E-state index in [9.17, 15) is 4.79 Å². The van der Waals surface area contributed by atoms with Gasteiger partial charge in [0.2, 0.25) is 24.3 Å². The van der Waals surface area contributed by atoms with Crippen LogP contribution < -0.4 is 25.8 Å². The van der Waals surface area contributed by atoms with E-state index in [1.54, 1.807) is 0 Å². The summed E-state index contributed by atoms with van der Waals surface area (Å²) in [6, 6.07) is 2.53. The summed E-state index contributed by atoms with van der Waals surface area (Å²) in [4.78, 5) is 36.0. The Labute approximate surface area is 222 Å². The summed E-state index contributed by atoms with van der Waals surface area (Å²) in [6.45, 7) is 6.96. The summed E-state index contributed by atoms with van der Waals surface area (Å²) >= 11 is 0. The lowest BCUT2D eigenvalue weighted by Crippen LogP contribution is -2.44. The molecule has 4 N–H and O–H groups in total. The van der Waals surface area contributed by atoms with Crippen LogP contribution in [-0.4, -0.2) is 80.3 Å². The quantitative estimate of drug-likeness (QED) is 0.268. The van der Waals surface area contributed by atoms with E-state index in [4.69, 9.17) is 15.0 Å². The minimum atomic E-state index is 0.461. The van der Waals surface area contributed by atoms with Gasteiger partial charge < -0.3 is 25.8 Å². The summed E-state index contributed by atoms with van der Waals surface area (Å²) in [5.41, 5.74) is 1.20. The second-order valence-corrected chi connectivity index (χ2v) is 9.14. The molecular formula is C25H34N12O. The third kappa shape index (κ3) is 7.13. The van der Waals surface area contributed by atoms with E-state index in [-0.39, 0.29) is 0 Å². The third-order valence-electron chi connectivity index (χ3n) is 6.45. The molecule has 3 aliphatic rings. The number of rotatable bonds is 7. The molecular weight excluding hydrogens is 484 g/mol. The van der Waals surface area contributed by atoms with Crippen molar-refractivity contribution in [2.45, 2.75) is 44.6 Å². The summed E-state index contributed by atoms with van der Waals surface area (Å²) in [5, 5.41) is 16.5. The summed E-state index contributed by atoms with van der Waals surface area (Å²) in [6.07, 6.45) is 17.9. The largest absolute Gasteiger partial charge is 0.338 e. The average molecular weight is 519 g/mol. The Morgan fingerprint density at radius 1 is 1.03 bits per heavy atom. The highest BCUT2D eigenvalue weighted by Gasteiger charge is 2.27. The van der Waals surface area contributed by atoms with Crippen LogP contribution in [0.5, 0.6) is 0 Å². The van der Waals surface area contributed by atoms with Gasteiger partial charge in [0.05, 0.1) is 6.20 Å². The van der Waals surface area contributed by atoms with Gasteiger partial charge in [0.15, 0.2) is 11.6 Å². The fraction of sp³-hybridized carbons (Fsp3) is 0.480. The minimum Gasteiger partial charge on any atom is -0.338 e. The van der Waals surface area contributed by atoms with Crippen molar-refractivity contribution < 1.29 is 4.79 Å². The molecule has 13 heteroatoms. The van der Waals surface area contributed by atoms with Crippen molar-refractivity contribution in [1.82, 2.24) is 40.4 Å². The molecule has 6 rings (SSSR count). The molecule has 0 spiro atoms. The van der Waals surface area contributed by atoms with E-state index in [0.29, 0.717) is 30.1 Å². The Bertz CT molecular complexity index is 1170. The summed E-state index contributed by atoms with van der Waals surface area (Å²) in [7, 11) is 0. The molecule has 1 atom stereocenters. The van der Waals surface area contributed by atoms with Crippen molar-refractivity contribution in [2.75, 3.05) is 53.2 Å². The molecule has 200 valence electrons. The molecule has 3 fully saturated rings. The highest BCUT2D eigenvalue weighted by atomic mass is 16.1. The van der Waals surface area contributed by atoms with Gasteiger partial charge in [-0.2, -0.15) is 20.1 Å². The zero-order valence-electron chi connectivity index (χ0n) is 21.5. The standard InChI is InChI=1S/C18H27N9.C5H5N3O.C2H2/c1-12-3-2-8-27(12)18-22-16(20-15-11-14(24-25-15)13-4-5-13)21-17(23-18)26-9-6-19-7-10-26;9-4-8-5-3-6-1-2-7-5;1-2/h11-13,19H,2-10H2,1H3,(H2,20,21,22,23,24,25);1-4H,(H,7,8,9);1-2H/t12-;;/m0../s1. The van der Waals surface area contributed by atoms with Gasteiger partial charge in [0.1, 0.15) is 0 Å². The van der Waals surface area contributed by atoms with Crippen LogP contribution in [0.4, 0.5) is 29.5 Å². The number of H-pyrrole nitrogens is 1. The van der Waals surface area contributed by atoms with E-state index in [2.05, 4.69) is 71.8 Å².